The molecule has 0 amide bonds. The number of allylic oxidation sites excluding steroid dienone is 4. The molecule has 0 heterocycles. The van der Waals surface area contributed by atoms with Gasteiger partial charge in [0.1, 0.15) is 5.16 Å². The van der Waals surface area contributed by atoms with Crippen molar-refractivity contribution in [2.24, 2.45) is 5.50 Å². The normalized spacial score (nSPS) is 28.1. The molecule has 0 saturated heterocycles. The van der Waals surface area contributed by atoms with Gasteiger partial charge in [-0.3, -0.25) is 14.9 Å². The van der Waals surface area contributed by atoms with Gasteiger partial charge in [0.05, 0.1) is 6.61 Å². The van der Waals surface area contributed by atoms with Crippen LogP contribution in [-0.2, 0) is 13.9 Å². The number of ketones is 1. The molecule has 2 unspecified atom stereocenters. The lowest BCUT2D eigenvalue weighted by atomic mass is 9.88. The van der Waals surface area contributed by atoms with Crippen molar-refractivity contribution in [2.45, 2.75) is 39.3 Å². The number of hydrogen-bond acceptors (Lipinski definition) is 3. The molecule has 1 rings (SSSR count). The van der Waals surface area contributed by atoms with Gasteiger partial charge in [-0.1, -0.05) is 23.3 Å². The van der Waals surface area contributed by atoms with Crippen molar-refractivity contribution in [1.82, 2.24) is 0 Å². The number of nitrogens with two attached hydrogens (primary N) is 1. The molecule has 0 aliphatic heterocycles. The summed E-state index contributed by atoms with van der Waals surface area (Å²) in [6.07, 6.45) is 4.03. The third kappa shape index (κ3) is 2.59. The van der Waals surface area contributed by atoms with E-state index in [4.69, 9.17) is 10.0 Å². The quantitative estimate of drug-likeness (QED) is 0.786. The monoisotopic (exact) mass is 257 g/mol. The lowest BCUT2D eigenvalue weighted by molar-refractivity contribution is -0.118. The van der Waals surface area contributed by atoms with E-state index in [1.54, 1.807) is 13.0 Å². The van der Waals surface area contributed by atoms with Gasteiger partial charge in [-0.2, -0.15) is 0 Å². The summed E-state index contributed by atoms with van der Waals surface area (Å²) in [5.74, 6) is -0.205. The zero-order valence-corrected chi connectivity index (χ0v) is 11.7. The Balaban J connectivity index is 3.32. The lowest BCUT2D eigenvalue weighted by Gasteiger charge is -2.35. The largest absolute Gasteiger partial charge is 0.317 e. The number of Topliss-reactive ketones (excluding diaryl/α,β-unsaturated/α-hetero) is 1. The lowest BCUT2D eigenvalue weighted by Crippen LogP contribution is -2.40. The van der Waals surface area contributed by atoms with Gasteiger partial charge in [-0.05, 0) is 34.1 Å². The smallest absolute Gasteiger partial charge is 0.284 e. The first kappa shape index (κ1) is 14.4. The SMILES string of the molecule is CCOP(N)(=O)C1(C(C)=O)C=C(C)C=C(C)C1. The summed E-state index contributed by atoms with van der Waals surface area (Å²) in [5, 5.41) is -1.19. The molecule has 4 nitrogen and oxygen atoms in total. The first-order valence-corrected chi connectivity index (χ1v) is 7.35. The summed E-state index contributed by atoms with van der Waals surface area (Å²) in [4.78, 5) is 11.9. The summed E-state index contributed by atoms with van der Waals surface area (Å²) in [7, 11) is -3.50. The maximum absolute atomic E-state index is 12.5. The van der Waals surface area contributed by atoms with Crippen LogP contribution < -0.4 is 5.50 Å². The molecule has 0 radical (unpaired) electrons. The average molecular weight is 257 g/mol. The number of carbonyl (C=O) groups excluding carboxylic acids is 1. The van der Waals surface area contributed by atoms with Crippen molar-refractivity contribution >= 4 is 13.3 Å². The van der Waals surface area contributed by atoms with Crippen molar-refractivity contribution in [1.29, 1.82) is 0 Å². The van der Waals surface area contributed by atoms with E-state index >= 15 is 0 Å². The maximum atomic E-state index is 12.5. The van der Waals surface area contributed by atoms with Gasteiger partial charge in [0, 0.05) is 0 Å². The molecule has 0 aromatic heterocycles. The van der Waals surface area contributed by atoms with E-state index in [1.807, 2.05) is 19.9 Å². The van der Waals surface area contributed by atoms with E-state index in [2.05, 4.69) is 0 Å². The van der Waals surface area contributed by atoms with Gasteiger partial charge in [-0.25, -0.2) is 0 Å². The molecule has 0 aromatic carbocycles. The Bertz CT molecular complexity index is 439. The zero-order valence-electron chi connectivity index (χ0n) is 10.8. The average Bonchev–Trinajstić information content (AvgIpc) is 2.15. The van der Waals surface area contributed by atoms with Crippen molar-refractivity contribution < 1.29 is 13.9 Å². The van der Waals surface area contributed by atoms with Crippen LogP contribution in [0.4, 0.5) is 0 Å². The van der Waals surface area contributed by atoms with Crippen molar-refractivity contribution in [3.05, 3.63) is 23.3 Å². The van der Waals surface area contributed by atoms with Crippen LogP contribution in [-0.4, -0.2) is 17.5 Å². The van der Waals surface area contributed by atoms with E-state index < -0.39 is 12.7 Å². The van der Waals surface area contributed by atoms with Crippen LogP contribution in [0.2, 0.25) is 0 Å². The van der Waals surface area contributed by atoms with Crippen molar-refractivity contribution in [3.8, 4) is 0 Å². The van der Waals surface area contributed by atoms with Crippen LogP contribution in [0, 0.1) is 0 Å². The third-order valence-electron chi connectivity index (χ3n) is 2.98. The molecule has 96 valence electrons. The molecule has 2 N–H and O–H groups in total. The minimum absolute atomic E-state index is 0.205. The Morgan fingerprint density at radius 2 is 2.18 bits per heavy atom. The number of rotatable bonds is 4. The third-order valence-corrected chi connectivity index (χ3v) is 5.33. The summed E-state index contributed by atoms with van der Waals surface area (Å²) in [6.45, 7) is 7.14. The molecule has 1 aliphatic rings. The molecular formula is C12H20NO3P. The highest BCUT2D eigenvalue weighted by molar-refractivity contribution is 7.59. The molecular weight excluding hydrogens is 237 g/mol. The summed E-state index contributed by atoms with van der Waals surface area (Å²) >= 11 is 0. The van der Waals surface area contributed by atoms with Crippen LogP contribution in [0.25, 0.3) is 0 Å². The Morgan fingerprint density at radius 3 is 2.59 bits per heavy atom. The minimum atomic E-state index is -3.50. The van der Waals surface area contributed by atoms with Gasteiger partial charge in [0.15, 0.2) is 5.78 Å². The Labute approximate surface area is 102 Å². The molecule has 5 heteroatoms. The fourth-order valence-electron chi connectivity index (χ4n) is 2.29. The van der Waals surface area contributed by atoms with Gasteiger partial charge in [-0.15, -0.1) is 0 Å². The first-order chi connectivity index (χ1) is 7.75. The molecule has 0 aromatic rings. The molecule has 1 aliphatic carbocycles. The van der Waals surface area contributed by atoms with Crippen LogP contribution in [0.3, 0.4) is 0 Å². The van der Waals surface area contributed by atoms with E-state index in [0.29, 0.717) is 6.42 Å². The summed E-state index contributed by atoms with van der Waals surface area (Å²) < 4.78 is 17.7. The first-order valence-electron chi connectivity index (χ1n) is 5.66. The van der Waals surface area contributed by atoms with Gasteiger partial charge >= 0.3 is 0 Å². The summed E-state index contributed by atoms with van der Waals surface area (Å²) in [6, 6.07) is 0. The second-order valence-corrected chi connectivity index (χ2v) is 6.80. The molecule has 0 bridgehead atoms. The topological polar surface area (TPSA) is 69.4 Å². The zero-order chi connectivity index (χ0) is 13.3. The van der Waals surface area contributed by atoms with Crippen LogP contribution >= 0.6 is 7.52 Å². The van der Waals surface area contributed by atoms with Gasteiger partial charge < -0.3 is 4.52 Å². The van der Waals surface area contributed by atoms with Gasteiger partial charge in [0.2, 0.25) is 0 Å². The molecule has 0 spiro atoms. The van der Waals surface area contributed by atoms with Gasteiger partial charge in [0.25, 0.3) is 7.52 Å². The highest BCUT2D eigenvalue weighted by Crippen LogP contribution is 2.57. The number of carbonyl (C=O) groups is 1. The molecule has 2 atom stereocenters. The van der Waals surface area contributed by atoms with Crippen molar-refractivity contribution in [3.63, 3.8) is 0 Å². The second-order valence-electron chi connectivity index (χ2n) is 4.55. The maximum Gasteiger partial charge on any atom is 0.284 e. The predicted octanol–water partition coefficient (Wildman–Crippen LogP) is 2.80. The minimum Gasteiger partial charge on any atom is -0.317 e. The standard InChI is InChI=1S/C12H20NO3P/c1-5-16-17(13,15)12(11(4)14)7-9(2)6-10(3)8-12/h6-7H,5,8H2,1-4H3,(H2,13,15). The van der Waals surface area contributed by atoms with E-state index in [-0.39, 0.29) is 12.4 Å². The molecule has 0 fully saturated rings. The highest BCUT2D eigenvalue weighted by atomic mass is 31.2. The fraction of sp³-hybridized carbons (Fsp3) is 0.583. The van der Waals surface area contributed by atoms with E-state index in [9.17, 15) is 9.36 Å². The van der Waals surface area contributed by atoms with Crippen molar-refractivity contribution in [2.75, 3.05) is 6.61 Å². The molecule has 17 heavy (non-hydrogen) atoms. The Kier molecular flexibility index (Phi) is 4.13. The van der Waals surface area contributed by atoms with Crippen LogP contribution in [0.1, 0.15) is 34.1 Å². The fourth-order valence-corrected chi connectivity index (χ4v) is 4.19. The Hall–Kier alpha value is -0.700. The van der Waals surface area contributed by atoms with E-state index in [1.165, 1.54) is 6.92 Å². The summed E-state index contributed by atoms with van der Waals surface area (Å²) in [5.41, 5.74) is 7.69. The number of hydrogen-bond donors (Lipinski definition) is 1. The molecule has 0 saturated carbocycles. The Morgan fingerprint density at radius 1 is 1.59 bits per heavy atom. The highest BCUT2D eigenvalue weighted by Gasteiger charge is 2.50. The van der Waals surface area contributed by atoms with Crippen LogP contribution in [0.5, 0.6) is 0 Å². The predicted molar refractivity (Wildman–Crippen MR) is 69.0 cm³/mol. The second kappa shape index (κ2) is 4.89. The van der Waals surface area contributed by atoms with Crippen LogP contribution in [0.15, 0.2) is 23.3 Å². The van der Waals surface area contributed by atoms with E-state index in [0.717, 1.165) is 11.1 Å².